The maximum Gasteiger partial charge on any atom is 0.381 e. The van der Waals surface area contributed by atoms with Gasteiger partial charge in [-0.25, -0.2) is 0 Å². The summed E-state index contributed by atoms with van der Waals surface area (Å²) in [4.78, 5) is 26.2. The number of carbonyl (C=O) groups excluding carboxylic acids is 1. The van der Waals surface area contributed by atoms with Gasteiger partial charge in [-0.15, -0.1) is 0 Å². The molecule has 1 amide bonds. The number of imidazole rings is 1. The van der Waals surface area contributed by atoms with Crippen LogP contribution in [0.15, 0.2) is 34.9 Å². The molecule has 0 spiro atoms. The van der Waals surface area contributed by atoms with Crippen LogP contribution < -0.4 is 5.32 Å². The summed E-state index contributed by atoms with van der Waals surface area (Å²) in [6.45, 7) is 4.05. The molecule has 0 aliphatic carbocycles. The maximum absolute atomic E-state index is 12.2. The van der Waals surface area contributed by atoms with Crippen molar-refractivity contribution in [2.24, 2.45) is 0 Å². The third-order valence-electron chi connectivity index (χ3n) is 3.75. The Bertz CT molecular complexity index is 727. The van der Waals surface area contributed by atoms with Gasteiger partial charge in [0.1, 0.15) is 6.20 Å². The van der Waals surface area contributed by atoms with E-state index in [2.05, 4.69) is 26.2 Å². The molecule has 0 radical (unpaired) electrons. The predicted octanol–water partition coefficient (Wildman–Crippen LogP) is 3.52. The number of hydrogen-bond donors (Lipinski definition) is 1. The smallest absolute Gasteiger partial charge is 0.358 e. The van der Waals surface area contributed by atoms with E-state index in [4.69, 9.17) is 0 Å². The molecule has 1 aromatic heterocycles. The van der Waals surface area contributed by atoms with Crippen LogP contribution in [-0.2, 0) is 11.3 Å². The van der Waals surface area contributed by atoms with Crippen molar-refractivity contribution in [3.05, 3.63) is 56.4 Å². The lowest BCUT2D eigenvalue weighted by Gasteiger charge is -2.17. The normalized spacial score (nSPS) is 12.0. The van der Waals surface area contributed by atoms with E-state index < -0.39 is 4.92 Å². The van der Waals surface area contributed by atoms with Gasteiger partial charge < -0.3 is 20.0 Å². The van der Waals surface area contributed by atoms with Crippen molar-refractivity contribution in [3.8, 4) is 0 Å². The lowest BCUT2D eigenvalue weighted by atomic mass is 10.0. The van der Waals surface area contributed by atoms with Gasteiger partial charge in [-0.2, -0.15) is 0 Å². The number of halogens is 1. The highest BCUT2D eigenvalue weighted by atomic mass is 79.9. The highest BCUT2D eigenvalue weighted by Crippen LogP contribution is 2.19. The van der Waals surface area contributed by atoms with E-state index in [0.29, 0.717) is 12.4 Å². The molecule has 1 aromatic carbocycles. The lowest BCUT2D eigenvalue weighted by Crippen LogP contribution is -2.28. The number of carbonyl (C=O) groups is 1. The predicted molar refractivity (Wildman–Crippen MR) is 93.6 cm³/mol. The molecule has 0 fully saturated rings. The zero-order chi connectivity index (χ0) is 17.7. The SMILES string of the molecule is CCC(NC(=O)CCn1cc([N+](=O)[O-])nc1C)c1ccc(Br)cc1. The molecule has 24 heavy (non-hydrogen) atoms. The maximum atomic E-state index is 12.2. The van der Waals surface area contributed by atoms with Gasteiger partial charge in [0.2, 0.25) is 11.7 Å². The van der Waals surface area contributed by atoms with Crippen LogP contribution in [0.3, 0.4) is 0 Å². The molecule has 0 aliphatic heterocycles. The Hall–Kier alpha value is -2.22. The van der Waals surface area contributed by atoms with Crippen LogP contribution >= 0.6 is 15.9 Å². The summed E-state index contributed by atoms with van der Waals surface area (Å²) in [6.07, 6.45) is 2.37. The third kappa shape index (κ3) is 4.64. The third-order valence-corrected chi connectivity index (χ3v) is 4.27. The largest absolute Gasteiger partial charge is 0.381 e. The second-order valence-electron chi connectivity index (χ2n) is 5.43. The fourth-order valence-electron chi connectivity index (χ4n) is 2.41. The van der Waals surface area contributed by atoms with Gasteiger partial charge in [-0.05, 0) is 34.0 Å². The topological polar surface area (TPSA) is 90.1 Å². The number of amides is 1. The first-order valence-electron chi connectivity index (χ1n) is 7.63. The Kier molecular flexibility index (Phi) is 6.08. The average Bonchev–Trinajstić information content (AvgIpc) is 2.93. The van der Waals surface area contributed by atoms with Gasteiger partial charge in [0.25, 0.3) is 0 Å². The second-order valence-corrected chi connectivity index (χ2v) is 6.34. The van der Waals surface area contributed by atoms with Crippen LogP contribution in [0.5, 0.6) is 0 Å². The lowest BCUT2D eigenvalue weighted by molar-refractivity contribution is -0.389. The molecule has 0 saturated heterocycles. The average molecular weight is 395 g/mol. The molecule has 7 nitrogen and oxygen atoms in total. The van der Waals surface area contributed by atoms with Gasteiger partial charge in [0.15, 0.2) is 0 Å². The van der Waals surface area contributed by atoms with Crippen molar-refractivity contribution in [2.75, 3.05) is 0 Å². The fraction of sp³-hybridized carbons (Fsp3) is 0.375. The highest BCUT2D eigenvalue weighted by molar-refractivity contribution is 9.10. The van der Waals surface area contributed by atoms with Crippen molar-refractivity contribution in [1.29, 1.82) is 0 Å². The summed E-state index contributed by atoms with van der Waals surface area (Å²) in [5.41, 5.74) is 1.04. The van der Waals surface area contributed by atoms with Crippen LogP contribution in [0, 0.1) is 17.0 Å². The molecule has 2 rings (SSSR count). The van der Waals surface area contributed by atoms with E-state index in [1.807, 2.05) is 31.2 Å². The van der Waals surface area contributed by atoms with Crippen LogP contribution in [0.4, 0.5) is 5.82 Å². The molecule has 1 heterocycles. The monoisotopic (exact) mass is 394 g/mol. The molecule has 0 bridgehead atoms. The number of nitrogens with one attached hydrogen (secondary N) is 1. The fourth-order valence-corrected chi connectivity index (χ4v) is 2.68. The molecule has 8 heteroatoms. The standard InChI is InChI=1S/C16H19BrN4O3/c1-3-14(12-4-6-13(17)7-5-12)19-16(22)8-9-20-10-15(21(23)24)18-11(20)2/h4-7,10,14H,3,8-9H2,1-2H3,(H,19,22). The molecular formula is C16H19BrN4O3. The minimum absolute atomic E-state index is 0.0520. The first-order chi connectivity index (χ1) is 11.4. The number of nitro groups is 1. The minimum Gasteiger partial charge on any atom is -0.358 e. The molecule has 0 aliphatic rings. The number of rotatable bonds is 7. The Morgan fingerprint density at radius 3 is 2.62 bits per heavy atom. The van der Waals surface area contributed by atoms with Crippen molar-refractivity contribution < 1.29 is 9.72 Å². The Balaban J connectivity index is 1.94. The van der Waals surface area contributed by atoms with Gasteiger partial charge in [0.05, 0.1) is 6.04 Å². The van der Waals surface area contributed by atoms with Crippen LogP contribution in [0.1, 0.15) is 37.2 Å². The van der Waals surface area contributed by atoms with E-state index in [1.165, 1.54) is 6.20 Å². The van der Waals surface area contributed by atoms with Gasteiger partial charge in [0, 0.05) is 24.4 Å². The molecule has 128 valence electrons. The van der Waals surface area contributed by atoms with E-state index >= 15 is 0 Å². The van der Waals surface area contributed by atoms with Crippen molar-refractivity contribution in [1.82, 2.24) is 14.9 Å². The Labute approximate surface area is 148 Å². The van der Waals surface area contributed by atoms with Gasteiger partial charge in [-0.1, -0.05) is 35.0 Å². The molecule has 1 unspecified atom stereocenters. The highest BCUT2D eigenvalue weighted by Gasteiger charge is 2.17. The van der Waals surface area contributed by atoms with E-state index in [-0.39, 0.29) is 24.2 Å². The molecular weight excluding hydrogens is 376 g/mol. The van der Waals surface area contributed by atoms with Gasteiger partial charge >= 0.3 is 5.82 Å². The first-order valence-corrected chi connectivity index (χ1v) is 8.43. The summed E-state index contributed by atoms with van der Waals surface area (Å²) in [5.74, 6) is 0.226. The number of nitrogens with zero attached hydrogens (tertiary/aromatic N) is 3. The number of aromatic nitrogens is 2. The van der Waals surface area contributed by atoms with Crippen molar-refractivity contribution in [2.45, 2.75) is 39.3 Å². The second kappa shape index (κ2) is 8.05. The van der Waals surface area contributed by atoms with Crippen LogP contribution in [0.2, 0.25) is 0 Å². The number of aryl methyl sites for hydroxylation is 2. The summed E-state index contributed by atoms with van der Waals surface area (Å²) in [7, 11) is 0. The molecule has 2 aromatic rings. The van der Waals surface area contributed by atoms with E-state index in [0.717, 1.165) is 16.5 Å². The zero-order valence-electron chi connectivity index (χ0n) is 13.5. The van der Waals surface area contributed by atoms with Crippen molar-refractivity contribution in [3.63, 3.8) is 0 Å². The summed E-state index contributed by atoms with van der Waals surface area (Å²) >= 11 is 3.39. The molecule has 1 N–H and O–H groups in total. The summed E-state index contributed by atoms with van der Waals surface area (Å²) < 4.78 is 2.61. The van der Waals surface area contributed by atoms with Gasteiger partial charge in [-0.3, -0.25) is 4.79 Å². The van der Waals surface area contributed by atoms with Crippen molar-refractivity contribution >= 4 is 27.7 Å². The van der Waals surface area contributed by atoms with Crippen LogP contribution in [-0.4, -0.2) is 20.4 Å². The Morgan fingerprint density at radius 2 is 2.08 bits per heavy atom. The summed E-state index contributed by atoms with van der Waals surface area (Å²) in [6, 6.07) is 7.78. The number of benzene rings is 1. The quantitative estimate of drug-likeness (QED) is 0.574. The molecule has 1 atom stereocenters. The van der Waals surface area contributed by atoms with Crippen LogP contribution in [0.25, 0.3) is 0 Å². The Morgan fingerprint density at radius 1 is 1.42 bits per heavy atom. The number of hydrogen-bond acceptors (Lipinski definition) is 4. The van der Waals surface area contributed by atoms with E-state index in [1.54, 1.807) is 11.5 Å². The minimum atomic E-state index is -0.537. The summed E-state index contributed by atoms with van der Waals surface area (Å²) in [5, 5.41) is 13.7. The zero-order valence-corrected chi connectivity index (χ0v) is 15.1. The first kappa shape index (κ1) is 18.1. The molecule has 0 saturated carbocycles. The van der Waals surface area contributed by atoms with E-state index in [9.17, 15) is 14.9 Å².